The summed E-state index contributed by atoms with van der Waals surface area (Å²) in [6.07, 6.45) is 1.39. The Hall–Kier alpha value is -0.800. The molecule has 0 saturated heterocycles. The van der Waals surface area contributed by atoms with Gasteiger partial charge in [0.2, 0.25) is 0 Å². The van der Waals surface area contributed by atoms with Crippen LogP contribution in [0, 0.1) is 3.57 Å². The maximum atomic E-state index is 12.7. The highest BCUT2D eigenvalue weighted by Crippen LogP contribution is 2.36. The second kappa shape index (κ2) is 12.9. The van der Waals surface area contributed by atoms with E-state index in [1.165, 1.54) is 6.21 Å². The van der Waals surface area contributed by atoms with Gasteiger partial charge in [0.25, 0.3) is 5.91 Å². The fourth-order valence-corrected chi connectivity index (χ4v) is 7.00. The van der Waals surface area contributed by atoms with E-state index in [9.17, 15) is 9.59 Å². The monoisotopic (exact) mass is 890 g/mol. The van der Waals surface area contributed by atoms with Crippen molar-refractivity contribution >= 4 is 120 Å². The second-order valence-electron chi connectivity index (χ2n) is 6.46. The summed E-state index contributed by atoms with van der Waals surface area (Å²) >= 11 is 19.1. The molecule has 34 heavy (non-hydrogen) atoms. The van der Waals surface area contributed by atoms with E-state index in [1.807, 2.05) is 12.1 Å². The van der Waals surface area contributed by atoms with Crippen LogP contribution in [-0.2, 0) is 4.79 Å². The molecule has 0 heterocycles. The number of amides is 1. The summed E-state index contributed by atoms with van der Waals surface area (Å²) in [7, 11) is 0. The highest BCUT2D eigenvalue weighted by molar-refractivity contribution is 14.1. The minimum absolute atomic E-state index is 0.257. The number of hydrogen-bond donors (Lipinski definition) is 1. The minimum atomic E-state index is -0.509. The molecule has 0 atom stereocenters. The molecule has 1 amide bonds. The molecule has 0 unspecified atom stereocenters. The molecule has 0 aliphatic heterocycles. The Morgan fingerprint density at radius 3 is 2.15 bits per heavy atom. The van der Waals surface area contributed by atoms with Crippen LogP contribution in [0.4, 0.5) is 0 Å². The molecule has 6 nitrogen and oxygen atoms in total. The lowest BCUT2D eigenvalue weighted by Crippen LogP contribution is -2.24. The summed E-state index contributed by atoms with van der Waals surface area (Å²) in [6.45, 7) is -0.257. The van der Waals surface area contributed by atoms with Crippen molar-refractivity contribution in [2.24, 2.45) is 5.10 Å². The first kappa shape index (κ1) is 27.8. The lowest BCUT2D eigenvalue weighted by molar-refractivity contribution is -0.123. The van der Waals surface area contributed by atoms with Gasteiger partial charge >= 0.3 is 5.97 Å². The summed E-state index contributed by atoms with van der Waals surface area (Å²) in [6, 6.07) is 14.2. The van der Waals surface area contributed by atoms with E-state index in [4.69, 9.17) is 9.47 Å². The Labute approximate surface area is 251 Å². The van der Waals surface area contributed by atoms with Gasteiger partial charge in [-0.15, -0.1) is 0 Å². The van der Waals surface area contributed by atoms with Gasteiger partial charge in [-0.25, -0.2) is 10.2 Å². The number of hydrazone groups is 1. The zero-order chi connectivity index (χ0) is 24.8. The average Bonchev–Trinajstić information content (AvgIpc) is 2.75. The Morgan fingerprint density at radius 2 is 1.50 bits per heavy atom. The Morgan fingerprint density at radius 1 is 0.912 bits per heavy atom. The van der Waals surface area contributed by atoms with Crippen molar-refractivity contribution < 1.29 is 19.1 Å². The van der Waals surface area contributed by atoms with Crippen molar-refractivity contribution in [2.45, 2.75) is 0 Å². The highest BCUT2D eigenvalue weighted by Gasteiger charge is 2.17. The number of benzene rings is 3. The third-order valence-corrected chi connectivity index (χ3v) is 7.65. The van der Waals surface area contributed by atoms with Gasteiger partial charge in [-0.05, 0) is 107 Å². The topological polar surface area (TPSA) is 77.0 Å². The van der Waals surface area contributed by atoms with Crippen LogP contribution < -0.4 is 14.9 Å². The summed E-state index contributed by atoms with van der Waals surface area (Å²) in [5.74, 6) is -0.219. The molecule has 3 aromatic carbocycles. The molecule has 3 aromatic rings. The van der Waals surface area contributed by atoms with Gasteiger partial charge in [-0.2, -0.15) is 5.10 Å². The maximum Gasteiger partial charge on any atom is 0.344 e. The molecular formula is C22H12Br5IN2O4. The third-order valence-electron chi connectivity index (χ3n) is 4.03. The summed E-state index contributed by atoms with van der Waals surface area (Å²) in [4.78, 5) is 24.9. The number of carbonyl (C=O) groups is 2. The number of nitrogens with one attached hydrogen (secondary N) is 1. The SMILES string of the molecule is O=C(COc1c(Br)cc(Br)cc1Br)NN=Cc1cc(Br)cc(Br)c1OC(=O)c1ccccc1I. The van der Waals surface area contributed by atoms with Gasteiger partial charge in [0.1, 0.15) is 5.75 Å². The molecule has 12 heteroatoms. The molecule has 0 bridgehead atoms. The van der Waals surface area contributed by atoms with Crippen LogP contribution in [0.1, 0.15) is 15.9 Å². The fourth-order valence-electron chi connectivity index (χ4n) is 2.57. The summed E-state index contributed by atoms with van der Waals surface area (Å²) in [5, 5.41) is 3.98. The fraction of sp³-hybridized carbons (Fsp3) is 0.0455. The van der Waals surface area contributed by atoms with E-state index in [0.29, 0.717) is 30.3 Å². The summed E-state index contributed by atoms with van der Waals surface area (Å²) in [5.41, 5.74) is 3.32. The van der Waals surface area contributed by atoms with Gasteiger partial charge in [0.15, 0.2) is 12.4 Å². The zero-order valence-corrected chi connectivity index (χ0v) is 26.8. The van der Waals surface area contributed by atoms with Crippen LogP contribution in [0.25, 0.3) is 0 Å². The normalized spacial score (nSPS) is 10.9. The van der Waals surface area contributed by atoms with Crippen molar-refractivity contribution in [3.8, 4) is 11.5 Å². The van der Waals surface area contributed by atoms with Gasteiger partial charge in [0, 0.05) is 18.1 Å². The number of rotatable bonds is 7. The molecular weight excluding hydrogens is 883 g/mol. The zero-order valence-electron chi connectivity index (χ0n) is 16.8. The number of ether oxygens (including phenoxy) is 2. The first-order valence-corrected chi connectivity index (χ1v) is 14.2. The predicted octanol–water partition coefficient (Wildman–Crippen LogP) is 7.85. The van der Waals surface area contributed by atoms with Gasteiger partial charge < -0.3 is 9.47 Å². The van der Waals surface area contributed by atoms with Crippen LogP contribution >= 0.6 is 102 Å². The van der Waals surface area contributed by atoms with Crippen molar-refractivity contribution in [3.05, 3.63) is 85.6 Å². The van der Waals surface area contributed by atoms with E-state index in [0.717, 1.165) is 12.5 Å². The molecule has 0 saturated carbocycles. The van der Waals surface area contributed by atoms with Crippen molar-refractivity contribution in [1.29, 1.82) is 0 Å². The van der Waals surface area contributed by atoms with E-state index in [1.54, 1.807) is 36.4 Å². The van der Waals surface area contributed by atoms with Crippen molar-refractivity contribution in [2.75, 3.05) is 6.61 Å². The quantitative estimate of drug-likeness (QED) is 0.0863. The number of esters is 1. The van der Waals surface area contributed by atoms with Crippen LogP contribution in [0.3, 0.4) is 0 Å². The van der Waals surface area contributed by atoms with E-state index < -0.39 is 11.9 Å². The molecule has 0 aliphatic rings. The lowest BCUT2D eigenvalue weighted by Gasteiger charge is -2.11. The van der Waals surface area contributed by atoms with Crippen molar-refractivity contribution in [1.82, 2.24) is 5.43 Å². The van der Waals surface area contributed by atoms with Gasteiger partial charge in [-0.3, -0.25) is 4.79 Å². The average molecular weight is 895 g/mol. The highest BCUT2D eigenvalue weighted by atomic mass is 127. The van der Waals surface area contributed by atoms with Gasteiger partial charge in [0.05, 0.1) is 25.2 Å². The smallest absolute Gasteiger partial charge is 0.344 e. The Balaban J connectivity index is 1.70. The number of carbonyl (C=O) groups excluding carboxylic acids is 2. The molecule has 0 radical (unpaired) electrons. The molecule has 0 spiro atoms. The first-order chi connectivity index (χ1) is 16.2. The number of halogens is 6. The molecule has 1 N–H and O–H groups in total. The van der Waals surface area contributed by atoms with Crippen LogP contribution in [0.5, 0.6) is 11.5 Å². The molecule has 0 aliphatic carbocycles. The molecule has 176 valence electrons. The Bertz CT molecular complexity index is 1260. The van der Waals surface area contributed by atoms with E-state index >= 15 is 0 Å². The largest absolute Gasteiger partial charge is 0.481 e. The van der Waals surface area contributed by atoms with Crippen LogP contribution in [0.15, 0.2) is 76.0 Å². The third kappa shape index (κ3) is 7.60. The van der Waals surface area contributed by atoms with Crippen molar-refractivity contribution in [3.63, 3.8) is 0 Å². The van der Waals surface area contributed by atoms with Crippen LogP contribution in [0.2, 0.25) is 0 Å². The van der Waals surface area contributed by atoms with E-state index in [-0.39, 0.29) is 12.4 Å². The predicted molar refractivity (Wildman–Crippen MR) is 157 cm³/mol. The van der Waals surface area contributed by atoms with E-state index in [2.05, 4.69) is 113 Å². The Kier molecular flexibility index (Phi) is 10.6. The molecule has 3 rings (SSSR count). The maximum absolute atomic E-state index is 12.7. The molecule has 0 fully saturated rings. The summed E-state index contributed by atoms with van der Waals surface area (Å²) < 4.78 is 15.5. The minimum Gasteiger partial charge on any atom is -0.481 e. The second-order valence-corrected chi connectivity index (χ2v) is 12.0. The number of nitrogens with zero attached hydrogens (tertiary/aromatic N) is 1. The lowest BCUT2D eigenvalue weighted by atomic mass is 10.2. The molecule has 0 aromatic heterocycles. The van der Waals surface area contributed by atoms with Crippen LogP contribution in [-0.4, -0.2) is 24.7 Å². The number of hydrogen-bond acceptors (Lipinski definition) is 5. The standard InChI is InChI=1S/C22H12Br5IN2O4/c23-12-5-11(20(15(25)6-12)34-22(32)14-3-1-2-4-18(14)28)9-29-30-19(31)10-33-21-16(26)7-13(24)8-17(21)27/h1-9H,10H2,(H,30,31). The first-order valence-electron chi connectivity index (χ1n) is 9.20. The van der Waals surface area contributed by atoms with Gasteiger partial charge in [-0.1, -0.05) is 44.0 Å².